The molecule has 0 unspecified atom stereocenters. The van der Waals surface area contributed by atoms with Crippen molar-refractivity contribution in [2.75, 3.05) is 6.26 Å². The van der Waals surface area contributed by atoms with Crippen LogP contribution in [0.4, 0.5) is 0 Å². The van der Waals surface area contributed by atoms with Gasteiger partial charge < -0.3 is 0 Å². The van der Waals surface area contributed by atoms with Crippen molar-refractivity contribution < 1.29 is 4.57 Å². The average molecular weight is 287 g/mol. The summed E-state index contributed by atoms with van der Waals surface area (Å²) in [6, 6.07) is 8.49. The van der Waals surface area contributed by atoms with E-state index in [-0.39, 0.29) is 0 Å². The zero-order valence-corrected chi connectivity index (χ0v) is 14.7. The first-order valence-corrected chi connectivity index (χ1v) is 8.78. The number of thioether (sulfide) groups is 1. The number of hydrogen-bond donors (Lipinski definition) is 0. The first-order chi connectivity index (χ1) is 8.83. The lowest BCUT2D eigenvalue weighted by Gasteiger charge is -1.84. The van der Waals surface area contributed by atoms with Crippen molar-refractivity contribution >= 4 is 33.3 Å². The molecule has 2 aromatic rings. The second kappa shape index (κ2) is 12.9. The number of para-hydroxylation sites is 1. The normalized spacial score (nSPS) is 8.22. The second-order valence-corrected chi connectivity index (χ2v) is 4.68. The molecule has 0 saturated carbocycles. The Morgan fingerprint density at radius 3 is 1.89 bits per heavy atom. The van der Waals surface area contributed by atoms with E-state index in [1.807, 2.05) is 52.9 Å². The van der Waals surface area contributed by atoms with Crippen molar-refractivity contribution in [3.8, 4) is 0 Å². The molecule has 0 radical (unpaired) electrons. The number of benzene rings is 1. The fourth-order valence-electron chi connectivity index (χ4n) is 1.26. The Morgan fingerprint density at radius 1 is 0.944 bits per heavy atom. The minimum Gasteiger partial charge on any atom is -0.179 e. The van der Waals surface area contributed by atoms with Crippen LogP contribution in [-0.4, -0.2) is 6.26 Å². The van der Waals surface area contributed by atoms with Crippen LogP contribution in [0.15, 0.2) is 28.6 Å². The zero-order valence-electron chi connectivity index (χ0n) is 13.1. The molecule has 0 aliphatic carbocycles. The number of fused-ring (bicyclic) bond motifs is 1. The van der Waals surface area contributed by atoms with Gasteiger partial charge in [-0.25, -0.2) is 0 Å². The summed E-state index contributed by atoms with van der Waals surface area (Å²) in [6.07, 6.45) is 2.12. The Hall–Kier alpha value is -0.540. The van der Waals surface area contributed by atoms with Crippen molar-refractivity contribution in [2.45, 2.75) is 45.9 Å². The van der Waals surface area contributed by atoms with Gasteiger partial charge in [0.2, 0.25) is 5.52 Å². The molecule has 0 aliphatic heterocycles. The first-order valence-electron chi connectivity index (χ1n) is 6.74. The predicted octanol–water partition coefficient (Wildman–Crippen LogP) is 5.53. The molecule has 0 fully saturated rings. The molecule has 0 spiro atoms. The monoisotopic (exact) mass is 286 g/mol. The van der Waals surface area contributed by atoms with E-state index >= 15 is 0 Å². The van der Waals surface area contributed by atoms with E-state index in [1.165, 1.54) is 14.6 Å². The van der Waals surface area contributed by atoms with Gasteiger partial charge in [-0.2, -0.15) is 4.57 Å². The molecule has 0 saturated heterocycles. The van der Waals surface area contributed by atoms with Crippen LogP contribution in [0.2, 0.25) is 0 Å². The summed E-state index contributed by atoms with van der Waals surface area (Å²) in [7, 11) is 2.12. The van der Waals surface area contributed by atoms with Crippen LogP contribution < -0.4 is 4.57 Å². The lowest BCUT2D eigenvalue weighted by atomic mass is 10.3. The van der Waals surface area contributed by atoms with Crippen molar-refractivity contribution in [1.82, 2.24) is 0 Å². The fourth-order valence-corrected chi connectivity index (χ4v) is 3.11. The van der Waals surface area contributed by atoms with Gasteiger partial charge in [0, 0.05) is 6.07 Å². The van der Waals surface area contributed by atoms with Crippen LogP contribution in [0.5, 0.6) is 0 Å². The molecule has 1 heterocycles. The third-order valence-corrected chi connectivity index (χ3v) is 4.26. The highest BCUT2D eigenvalue weighted by atomic mass is 32.2. The van der Waals surface area contributed by atoms with Crippen molar-refractivity contribution in [3.63, 3.8) is 0 Å². The summed E-state index contributed by atoms with van der Waals surface area (Å²) in [4.78, 5) is 0. The SMILES string of the molecule is CC.CC.CC.CSc1sc2ccccc2[n+]1C. The molecule has 1 aromatic carbocycles. The molecule has 1 nitrogen and oxygen atoms in total. The maximum absolute atomic E-state index is 2.24. The minimum atomic E-state index is 1.33. The number of aromatic nitrogens is 1. The van der Waals surface area contributed by atoms with E-state index in [9.17, 15) is 0 Å². The number of aryl methyl sites for hydroxylation is 1. The Labute approximate surface area is 121 Å². The van der Waals surface area contributed by atoms with Crippen LogP contribution in [0.1, 0.15) is 41.5 Å². The van der Waals surface area contributed by atoms with Gasteiger partial charge in [-0.15, -0.1) is 0 Å². The van der Waals surface area contributed by atoms with Crippen LogP contribution in [0.3, 0.4) is 0 Å². The molecule has 1 aromatic heterocycles. The van der Waals surface area contributed by atoms with E-state index < -0.39 is 0 Å². The van der Waals surface area contributed by atoms with Crippen LogP contribution >= 0.6 is 23.1 Å². The van der Waals surface area contributed by atoms with E-state index in [0.29, 0.717) is 0 Å². The number of hydrogen-bond acceptors (Lipinski definition) is 2. The fraction of sp³-hybridized carbons (Fsp3) is 0.533. The van der Waals surface area contributed by atoms with Crippen LogP contribution in [-0.2, 0) is 7.05 Å². The predicted molar refractivity (Wildman–Crippen MR) is 88.8 cm³/mol. The van der Waals surface area contributed by atoms with Crippen molar-refractivity contribution in [2.24, 2.45) is 7.05 Å². The molecule has 0 aliphatic rings. The van der Waals surface area contributed by atoms with E-state index in [1.54, 1.807) is 11.8 Å². The Morgan fingerprint density at radius 2 is 1.44 bits per heavy atom. The van der Waals surface area contributed by atoms with E-state index in [0.717, 1.165) is 0 Å². The van der Waals surface area contributed by atoms with E-state index in [4.69, 9.17) is 0 Å². The summed E-state index contributed by atoms with van der Waals surface area (Å²) in [5, 5.41) is 0. The van der Waals surface area contributed by atoms with Gasteiger partial charge in [-0.1, -0.05) is 65.0 Å². The summed E-state index contributed by atoms with van der Waals surface area (Å²) in [5.74, 6) is 0. The Bertz CT molecular complexity index is 408. The lowest BCUT2D eigenvalue weighted by molar-refractivity contribution is -0.676. The van der Waals surface area contributed by atoms with Gasteiger partial charge in [0.05, 0.1) is 0 Å². The van der Waals surface area contributed by atoms with E-state index in [2.05, 4.69) is 42.1 Å². The van der Waals surface area contributed by atoms with Crippen LogP contribution in [0.25, 0.3) is 10.2 Å². The van der Waals surface area contributed by atoms with Crippen LogP contribution in [0, 0.1) is 0 Å². The second-order valence-electron chi connectivity index (χ2n) is 2.60. The first kappa shape index (κ1) is 19.8. The molecular weight excluding hydrogens is 258 g/mol. The van der Waals surface area contributed by atoms with Gasteiger partial charge in [-0.05, 0) is 24.1 Å². The molecule has 3 heteroatoms. The van der Waals surface area contributed by atoms with Gasteiger partial charge >= 0.3 is 0 Å². The van der Waals surface area contributed by atoms with Crippen molar-refractivity contribution in [1.29, 1.82) is 0 Å². The molecular formula is C15H28NS2+. The van der Waals surface area contributed by atoms with Crippen molar-refractivity contribution in [3.05, 3.63) is 24.3 Å². The summed E-state index contributed by atoms with van der Waals surface area (Å²) in [6.45, 7) is 12.0. The molecule has 0 atom stereocenters. The molecule has 18 heavy (non-hydrogen) atoms. The lowest BCUT2D eigenvalue weighted by Crippen LogP contribution is -2.27. The molecule has 104 valence electrons. The van der Waals surface area contributed by atoms with Gasteiger partial charge in [0.25, 0.3) is 4.34 Å². The largest absolute Gasteiger partial charge is 0.297 e. The van der Waals surface area contributed by atoms with Gasteiger partial charge in [0.15, 0.2) is 0 Å². The number of thiazole rings is 1. The standard InChI is InChI=1S/C9H10NS2.3C2H6/c1-10-7-5-3-4-6-8(7)12-9(10)11-2;3*1-2/h3-6H,1-2H3;3*1-2H3/q+1;;;. The average Bonchev–Trinajstić information content (AvgIpc) is 2.82. The third kappa shape index (κ3) is 5.40. The Kier molecular flexibility index (Phi) is 14.2. The summed E-state index contributed by atoms with van der Waals surface area (Å²) < 4.78 is 4.96. The molecule has 2 rings (SSSR count). The smallest absolute Gasteiger partial charge is 0.179 e. The highest BCUT2D eigenvalue weighted by molar-refractivity contribution is 8.00. The topological polar surface area (TPSA) is 3.88 Å². The minimum absolute atomic E-state index is 1.33. The number of nitrogens with zero attached hydrogens (tertiary/aromatic N) is 1. The molecule has 0 amide bonds. The summed E-state index contributed by atoms with van der Waals surface area (Å²) >= 11 is 3.65. The maximum atomic E-state index is 2.24. The quantitative estimate of drug-likeness (QED) is 0.492. The van der Waals surface area contributed by atoms with Gasteiger partial charge in [0.1, 0.15) is 11.7 Å². The third-order valence-electron chi connectivity index (χ3n) is 1.87. The molecule has 0 N–H and O–H groups in total. The Balaban J connectivity index is 0. The summed E-state index contributed by atoms with van der Waals surface area (Å²) in [5.41, 5.74) is 1.33. The zero-order chi connectivity index (χ0) is 14.6. The van der Waals surface area contributed by atoms with Gasteiger partial charge in [-0.3, -0.25) is 0 Å². The number of rotatable bonds is 1. The maximum Gasteiger partial charge on any atom is 0.297 e. The highest BCUT2D eigenvalue weighted by Crippen LogP contribution is 2.25. The highest BCUT2D eigenvalue weighted by Gasteiger charge is 2.14. The molecule has 0 bridgehead atoms.